The molecule has 5 heteroatoms. The molecule has 1 rings (SSSR count). The molecule has 1 amide bonds. The number of nitrogens with one attached hydrogen (secondary N) is 2. The summed E-state index contributed by atoms with van der Waals surface area (Å²) in [6.07, 6.45) is 0. The summed E-state index contributed by atoms with van der Waals surface area (Å²) >= 11 is 0. The molecule has 0 aromatic carbocycles. The average molecular weight is 257 g/mol. The summed E-state index contributed by atoms with van der Waals surface area (Å²) in [5.41, 5.74) is -0.156. The second-order valence-corrected chi connectivity index (χ2v) is 5.92. The van der Waals surface area contributed by atoms with E-state index in [2.05, 4.69) is 29.4 Å². The first kappa shape index (κ1) is 15.4. The number of likely N-dealkylation sites (N-methyl/N-ethyl adjacent to an activating group) is 1. The normalized spacial score (nSPS) is 19.7. The first-order valence-electron chi connectivity index (χ1n) is 6.62. The number of hydrogen-bond acceptors (Lipinski definition) is 4. The maximum atomic E-state index is 11.7. The Kier molecular flexibility index (Phi) is 5.56. The van der Waals surface area contributed by atoms with Crippen LogP contribution in [0.5, 0.6) is 0 Å². The molecule has 0 aromatic heterocycles. The van der Waals surface area contributed by atoms with Gasteiger partial charge in [-0.2, -0.15) is 0 Å². The first-order chi connectivity index (χ1) is 8.34. The van der Waals surface area contributed by atoms with Gasteiger partial charge >= 0.3 is 0 Å². The molecule has 0 aliphatic carbocycles. The molecule has 0 aromatic rings. The van der Waals surface area contributed by atoms with E-state index in [-0.39, 0.29) is 18.1 Å². The van der Waals surface area contributed by atoms with E-state index in [1.54, 1.807) is 0 Å². The van der Waals surface area contributed by atoms with Crippen LogP contribution in [-0.2, 0) is 9.53 Å². The van der Waals surface area contributed by atoms with E-state index in [9.17, 15) is 4.79 Å². The highest BCUT2D eigenvalue weighted by atomic mass is 16.5. The Labute approximate surface area is 110 Å². The van der Waals surface area contributed by atoms with Gasteiger partial charge in [-0.25, -0.2) is 0 Å². The number of rotatable bonds is 7. The topological polar surface area (TPSA) is 53.6 Å². The number of nitrogens with zero attached hydrogens (tertiary/aromatic N) is 1. The summed E-state index contributed by atoms with van der Waals surface area (Å²) in [5, 5.41) is 6.08. The van der Waals surface area contributed by atoms with Crippen molar-refractivity contribution in [3.05, 3.63) is 0 Å². The second kappa shape index (κ2) is 6.50. The van der Waals surface area contributed by atoms with Crippen molar-refractivity contribution in [1.82, 2.24) is 15.5 Å². The van der Waals surface area contributed by atoms with Gasteiger partial charge in [0, 0.05) is 25.7 Å². The Balaban J connectivity index is 2.23. The molecule has 1 aliphatic heterocycles. The average Bonchev–Trinajstić information content (AvgIpc) is 2.23. The van der Waals surface area contributed by atoms with Crippen LogP contribution in [0, 0.1) is 5.92 Å². The molecule has 0 radical (unpaired) electrons. The maximum Gasteiger partial charge on any atom is 0.246 e. The Morgan fingerprint density at radius 2 is 2.06 bits per heavy atom. The lowest BCUT2D eigenvalue weighted by Crippen LogP contribution is -2.59. The third kappa shape index (κ3) is 4.55. The molecule has 1 heterocycles. The third-order valence-electron chi connectivity index (χ3n) is 3.49. The molecular weight excluding hydrogens is 230 g/mol. The van der Waals surface area contributed by atoms with Gasteiger partial charge in [0.25, 0.3) is 0 Å². The highest BCUT2D eigenvalue weighted by Gasteiger charge is 2.33. The molecule has 0 spiro atoms. The monoisotopic (exact) mass is 257 g/mol. The van der Waals surface area contributed by atoms with Crippen LogP contribution in [0.25, 0.3) is 0 Å². The van der Waals surface area contributed by atoms with Crippen LogP contribution in [0.15, 0.2) is 0 Å². The van der Waals surface area contributed by atoms with E-state index in [0.29, 0.717) is 18.5 Å². The first-order valence-corrected chi connectivity index (χ1v) is 6.62. The number of hydrogen-bond donors (Lipinski definition) is 2. The standard InChI is InChI=1S/C13H27N3O2/c1-10(2)11(16(4)5)6-15-12(17)7-18-13(3)8-14-9-13/h10-11,14H,6-9H2,1-5H3,(H,15,17). The van der Waals surface area contributed by atoms with E-state index < -0.39 is 0 Å². The van der Waals surface area contributed by atoms with E-state index >= 15 is 0 Å². The van der Waals surface area contributed by atoms with Crippen molar-refractivity contribution < 1.29 is 9.53 Å². The van der Waals surface area contributed by atoms with Crippen LogP contribution < -0.4 is 10.6 Å². The molecule has 1 unspecified atom stereocenters. The van der Waals surface area contributed by atoms with Crippen molar-refractivity contribution in [3.63, 3.8) is 0 Å². The molecular formula is C13H27N3O2. The molecule has 1 atom stereocenters. The summed E-state index contributed by atoms with van der Waals surface area (Å²) in [5.74, 6) is 0.477. The van der Waals surface area contributed by atoms with Crippen LogP contribution in [0.3, 0.4) is 0 Å². The minimum absolute atomic E-state index is 0.0318. The van der Waals surface area contributed by atoms with Crippen LogP contribution in [0.2, 0.25) is 0 Å². The molecule has 0 bridgehead atoms. The van der Waals surface area contributed by atoms with Crippen molar-refractivity contribution in [3.8, 4) is 0 Å². The van der Waals surface area contributed by atoms with Crippen LogP contribution >= 0.6 is 0 Å². The maximum absolute atomic E-state index is 11.7. The molecule has 1 fully saturated rings. The second-order valence-electron chi connectivity index (χ2n) is 5.92. The van der Waals surface area contributed by atoms with Crippen molar-refractivity contribution in [1.29, 1.82) is 0 Å². The predicted molar refractivity (Wildman–Crippen MR) is 72.5 cm³/mol. The van der Waals surface area contributed by atoms with Crippen molar-refractivity contribution in [2.24, 2.45) is 5.92 Å². The Morgan fingerprint density at radius 1 is 1.44 bits per heavy atom. The Morgan fingerprint density at radius 3 is 2.44 bits per heavy atom. The van der Waals surface area contributed by atoms with Crippen molar-refractivity contribution in [2.45, 2.75) is 32.4 Å². The summed E-state index contributed by atoms with van der Waals surface area (Å²) < 4.78 is 5.59. The molecule has 1 saturated heterocycles. The van der Waals surface area contributed by atoms with Crippen LogP contribution in [0.4, 0.5) is 0 Å². The summed E-state index contributed by atoms with van der Waals surface area (Å²) in [4.78, 5) is 13.8. The smallest absolute Gasteiger partial charge is 0.246 e. The fourth-order valence-corrected chi connectivity index (χ4v) is 2.10. The van der Waals surface area contributed by atoms with Crippen molar-refractivity contribution in [2.75, 3.05) is 40.3 Å². The van der Waals surface area contributed by atoms with Gasteiger partial charge in [0.2, 0.25) is 5.91 Å². The van der Waals surface area contributed by atoms with Gasteiger partial charge < -0.3 is 20.3 Å². The van der Waals surface area contributed by atoms with E-state index in [4.69, 9.17) is 4.74 Å². The fourth-order valence-electron chi connectivity index (χ4n) is 2.10. The van der Waals surface area contributed by atoms with E-state index in [0.717, 1.165) is 13.1 Å². The van der Waals surface area contributed by atoms with E-state index in [1.165, 1.54) is 0 Å². The van der Waals surface area contributed by atoms with Crippen LogP contribution in [-0.4, -0.2) is 62.8 Å². The van der Waals surface area contributed by atoms with Gasteiger partial charge in [0.05, 0.1) is 5.60 Å². The zero-order chi connectivity index (χ0) is 13.8. The predicted octanol–water partition coefficient (Wildman–Crippen LogP) is 0.0673. The molecule has 5 nitrogen and oxygen atoms in total. The molecule has 2 N–H and O–H groups in total. The minimum Gasteiger partial charge on any atom is -0.363 e. The largest absolute Gasteiger partial charge is 0.363 e. The van der Waals surface area contributed by atoms with Gasteiger partial charge in [0.15, 0.2) is 0 Å². The zero-order valence-electron chi connectivity index (χ0n) is 12.2. The number of ether oxygens (including phenoxy) is 1. The third-order valence-corrected chi connectivity index (χ3v) is 3.49. The SMILES string of the molecule is CC(C)C(CNC(=O)COC1(C)CNC1)N(C)C. The zero-order valence-corrected chi connectivity index (χ0v) is 12.2. The number of amides is 1. The Hall–Kier alpha value is -0.650. The lowest BCUT2D eigenvalue weighted by Gasteiger charge is -2.38. The fraction of sp³-hybridized carbons (Fsp3) is 0.923. The molecule has 106 valence electrons. The van der Waals surface area contributed by atoms with Crippen molar-refractivity contribution >= 4 is 5.91 Å². The lowest BCUT2D eigenvalue weighted by molar-refractivity contribution is -0.136. The highest BCUT2D eigenvalue weighted by molar-refractivity contribution is 5.77. The Bertz CT molecular complexity index is 267. The van der Waals surface area contributed by atoms with E-state index in [1.807, 2.05) is 21.0 Å². The van der Waals surface area contributed by atoms with Gasteiger partial charge in [-0.05, 0) is 26.9 Å². The lowest BCUT2D eigenvalue weighted by atomic mass is 10.0. The van der Waals surface area contributed by atoms with Gasteiger partial charge in [-0.15, -0.1) is 0 Å². The number of carbonyl (C=O) groups is 1. The van der Waals surface area contributed by atoms with Gasteiger partial charge in [-0.1, -0.05) is 13.8 Å². The minimum atomic E-state index is -0.156. The molecule has 1 aliphatic rings. The van der Waals surface area contributed by atoms with Gasteiger partial charge in [-0.3, -0.25) is 4.79 Å². The summed E-state index contributed by atoms with van der Waals surface area (Å²) in [6, 6.07) is 0.356. The molecule has 0 saturated carbocycles. The van der Waals surface area contributed by atoms with Gasteiger partial charge in [0.1, 0.15) is 6.61 Å². The summed E-state index contributed by atoms with van der Waals surface area (Å²) in [6.45, 7) is 8.81. The summed E-state index contributed by atoms with van der Waals surface area (Å²) in [7, 11) is 4.07. The number of carbonyl (C=O) groups excluding carboxylic acids is 1. The molecule has 18 heavy (non-hydrogen) atoms. The highest BCUT2D eigenvalue weighted by Crippen LogP contribution is 2.14. The quantitative estimate of drug-likeness (QED) is 0.677. The van der Waals surface area contributed by atoms with Crippen LogP contribution in [0.1, 0.15) is 20.8 Å².